The average molecular weight is 247 g/mol. The van der Waals surface area contributed by atoms with Gasteiger partial charge in [-0.05, 0) is 18.2 Å². The molecule has 1 aromatic heterocycles. The second kappa shape index (κ2) is 6.23. The summed E-state index contributed by atoms with van der Waals surface area (Å²) in [4.78, 5) is 0. The van der Waals surface area contributed by atoms with Crippen LogP contribution in [0.3, 0.4) is 0 Å². The third kappa shape index (κ3) is 3.12. The zero-order chi connectivity index (χ0) is 12.8. The Kier molecular flexibility index (Phi) is 4.39. The molecule has 0 spiro atoms. The van der Waals surface area contributed by atoms with Crippen LogP contribution >= 0.6 is 0 Å². The maximum Gasteiger partial charge on any atom is 0.129 e. The summed E-state index contributed by atoms with van der Waals surface area (Å²) in [7, 11) is 1.67. The number of benzene rings is 1. The van der Waals surface area contributed by atoms with Crippen LogP contribution in [0.15, 0.2) is 40.8 Å². The first kappa shape index (κ1) is 12.7. The quantitative estimate of drug-likeness (QED) is 0.820. The predicted octanol–water partition coefficient (Wildman–Crippen LogP) is 2.07. The molecule has 0 aliphatic heterocycles. The maximum atomic E-state index is 8.89. The lowest BCUT2D eigenvalue weighted by Crippen LogP contribution is -2.12. The first-order valence-electron chi connectivity index (χ1n) is 5.84. The molecule has 2 aromatic rings. The van der Waals surface area contributed by atoms with Crippen molar-refractivity contribution < 1.29 is 14.3 Å². The molecule has 0 atom stereocenters. The van der Waals surface area contributed by atoms with E-state index in [0.29, 0.717) is 18.8 Å². The van der Waals surface area contributed by atoms with Crippen LogP contribution in [0.25, 0.3) is 0 Å². The Morgan fingerprint density at radius 3 is 2.61 bits per heavy atom. The first-order chi connectivity index (χ1) is 8.83. The van der Waals surface area contributed by atoms with Crippen LogP contribution in [-0.2, 0) is 19.7 Å². The van der Waals surface area contributed by atoms with Gasteiger partial charge in [0.1, 0.15) is 23.9 Å². The van der Waals surface area contributed by atoms with Gasteiger partial charge in [-0.3, -0.25) is 0 Å². The number of aliphatic hydroxyl groups is 1. The van der Waals surface area contributed by atoms with Crippen LogP contribution in [0, 0.1) is 0 Å². The molecule has 0 fully saturated rings. The molecule has 4 nitrogen and oxygen atoms in total. The van der Waals surface area contributed by atoms with E-state index in [9.17, 15) is 0 Å². The Morgan fingerprint density at radius 2 is 1.89 bits per heavy atom. The van der Waals surface area contributed by atoms with Crippen LogP contribution in [0.5, 0.6) is 5.75 Å². The molecule has 0 amide bonds. The fraction of sp³-hybridized carbons (Fsp3) is 0.286. The van der Waals surface area contributed by atoms with Gasteiger partial charge in [-0.1, -0.05) is 18.2 Å². The third-order valence-corrected chi connectivity index (χ3v) is 2.68. The molecule has 0 saturated heterocycles. The minimum Gasteiger partial charge on any atom is -0.496 e. The van der Waals surface area contributed by atoms with E-state index in [0.717, 1.165) is 17.1 Å². The normalized spacial score (nSPS) is 10.6. The molecule has 1 aromatic carbocycles. The highest BCUT2D eigenvalue weighted by molar-refractivity contribution is 5.32. The van der Waals surface area contributed by atoms with Crippen LogP contribution in [0.4, 0.5) is 0 Å². The van der Waals surface area contributed by atoms with Crippen LogP contribution in [0.1, 0.15) is 17.1 Å². The van der Waals surface area contributed by atoms with Crippen molar-refractivity contribution in [2.24, 2.45) is 0 Å². The number of hydrogen-bond donors (Lipinski definition) is 2. The van der Waals surface area contributed by atoms with Gasteiger partial charge in [0.15, 0.2) is 0 Å². The lowest BCUT2D eigenvalue weighted by molar-refractivity contribution is 0.242. The van der Waals surface area contributed by atoms with E-state index in [-0.39, 0.29) is 6.61 Å². The maximum absolute atomic E-state index is 8.89. The fourth-order valence-electron chi connectivity index (χ4n) is 1.77. The number of para-hydroxylation sites is 1. The van der Waals surface area contributed by atoms with Gasteiger partial charge in [0.05, 0.1) is 13.7 Å². The summed E-state index contributed by atoms with van der Waals surface area (Å²) < 4.78 is 10.7. The standard InChI is InChI=1S/C14H17NO3/c1-17-14-5-3-2-4-11(14)8-15-9-12-6-7-13(10-16)18-12/h2-7,15-16H,8-10H2,1H3. The number of rotatable bonds is 6. The molecule has 96 valence electrons. The van der Waals surface area contributed by atoms with Crippen molar-refractivity contribution in [1.82, 2.24) is 5.32 Å². The largest absolute Gasteiger partial charge is 0.496 e. The van der Waals surface area contributed by atoms with E-state index in [1.165, 1.54) is 0 Å². The van der Waals surface area contributed by atoms with E-state index >= 15 is 0 Å². The van der Waals surface area contributed by atoms with Crippen molar-refractivity contribution in [2.75, 3.05) is 7.11 Å². The molecule has 0 aliphatic carbocycles. The van der Waals surface area contributed by atoms with E-state index < -0.39 is 0 Å². The lowest BCUT2D eigenvalue weighted by Gasteiger charge is -2.08. The van der Waals surface area contributed by atoms with Gasteiger partial charge in [-0.2, -0.15) is 0 Å². The highest BCUT2D eigenvalue weighted by Gasteiger charge is 2.03. The van der Waals surface area contributed by atoms with Gasteiger partial charge >= 0.3 is 0 Å². The summed E-state index contributed by atoms with van der Waals surface area (Å²) in [6.07, 6.45) is 0. The average Bonchev–Trinajstić information content (AvgIpc) is 2.87. The number of methoxy groups -OCH3 is 1. The lowest BCUT2D eigenvalue weighted by atomic mass is 10.2. The molecular formula is C14H17NO3. The predicted molar refractivity (Wildman–Crippen MR) is 68.2 cm³/mol. The molecule has 0 bridgehead atoms. The number of furan rings is 1. The highest BCUT2D eigenvalue weighted by atomic mass is 16.5. The Morgan fingerprint density at radius 1 is 1.11 bits per heavy atom. The minimum absolute atomic E-state index is 0.0630. The van der Waals surface area contributed by atoms with Gasteiger partial charge in [0, 0.05) is 12.1 Å². The molecular weight excluding hydrogens is 230 g/mol. The second-order valence-corrected chi connectivity index (χ2v) is 3.94. The van der Waals surface area contributed by atoms with Crippen molar-refractivity contribution in [3.63, 3.8) is 0 Å². The third-order valence-electron chi connectivity index (χ3n) is 2.68. The van der Waals surface area contributed by atoms with Gasteiger partial charge in [-0.15, -0.1) is 0 Å². The molecule has 2 N–H and O–H groups in total. The first-order valence-corrected chi connectivity index (χ1v) is 5.84. The Hall–Kier alpha value is -1.78. The molecule has 0 aliphatic rings. The van der Waals surface area contributed by atoms with E-state index in [1.807, 2.05) is 30.3 Å². The Balaban J connectivity index is 1.88. The molecule has 1 heterocycles. The van der Waals surface area contributed by atoms with E-state index in [4.69, 9.17) is 14.3 Å². The summed E-state index contributed by atoms with van der Waals surface area (Å²) in [5, 5.41) is 12.2. The highest BCUT2D eigenvalue weighted by Crippen LogP contribution is 2.17. The summed E-state index contributed by atoms with van der Waals surface area (Å²) in [5.41, 5.74) is 1.11. The van der Waals surface area contributed by atoms with Crippen LogP contribution < -0.4 is 10.1 Å². The van der Waals surface area contributed by atoms with Gasteiger partial charge in [-0.25, -0.2) is 0 Å². The summed E-state index contributed by atoms with van der Waals surface area (Å²) >= 11 is 0. The van der Waals surface area contributed by atoms with Crippen molar-refractivity contribution in [1.29, 1.82) is 0 Å². The van der Waals surface area contributed by atoms with Gasteiger partial charge in [0.2, 0.25) is 0 Å². The van der Waals surface area contributed by atoms with Gasteiger partial charge in [0.25, 0.3) is 0 Å². The van der Waals surface area contributed by atoms with E-state index in [1.54, 1.807) is 13.2 Å². The van der Waals surface area contributed by atoms with Crippen LogP contribution in [-0.4, -0.2) is 12.2 Å². The van der Waals surface area contributed by atoms with Gasteiger partial charge < -0.3 is 19.6 Å². The number of nitrogens with one attached hydrogen (secondary N) is 1. The van der Waals surface area contributed by atoms with Crippen molar-refractivity contribution >= 4 is 0 Å². The minimum atomic E-state index is -0.0630. The Labute approximate surface area is 106 Å². The van der Waals surface area contributed by atoms with Crippen molar-refractivity contribution in [3.05, 3.63) is 53.5 Å². The monoisotopic (exact) mass is 247 g/mol. The molecule has 4 heteroatoms. The summed E-state index contributed by atoms with van der Waals surface area (Å²) in [5.74, 6) is 2.28. The van der Waals surface area contributed by atoms with Crippen molar-refractivity contribution in [3.8, 4) is 5.75 Å². The number of hydrogen-bond acceptors (Lipinski definition) is 4. The molecule has 2 rings (SSSR count). The number of ether oxygens (including phenoxy) is 1. The number of aliphatic hydroxyl groups excluding tert-OH is 1. The Bertz CT molecular complexity index is 493. The molecule has 0 unspecified atom stereocenters. The SMILES string of the molecule is COc1ccccc1CNCc1ccc(CO)o1. The summed E-state index contributed by atoms with van der Waals surface area (Å²) in [6, 6.07) is 11.5. The van der Waals surface area contributed by atoms with E-state index in [2.05, 4.69) is 5.32 Å². The summed E-state index contributed by atoms with van der Waals surface area (Å²) in [6.45, 7) is 1.27. The molecule has 0 saturated carbocycles. The smallest absolute Gasteiger partial charge is 0.129 e. The van der Waals surface area contributed by atoms with Crippen molar-refractivity contribution in [2.45, 2.75) is 19.7 Å². The topological polar surface area (TPSA) is 54.6 Å². The molecule has 18 heavy (non-hydrogen) atoms. The zero-order valence-corrected chi connectivity index (χ0v) is 10.3. The zero-order valence-electron chi connectivity index (χ0n) is 10.3. The fourth-order valence-corrected chi connectivity index (χ4v) is 1.77. The molecule has 0 radical (unpaired) electrons. The van der Waals surface area contributed by atoms with Crippen LogP contribution in [0.2, 0.25) is 0 Å². The second-order valence-electron chi connectivity index (χ2n) is 3.94.